The molecule has 8 heteroatoms. The molecule has 0 spiro atoms. The number of aromatic nitrogens is 3. The molecule has 0 aliphatic carbocycles. The lowest BCUT2D eigenvalue weighted by atomic mass is 10.5. The molecule has 0 radical (unpaired) electrons. The second-order valence-electron chi connectivity index (χ2n) is 3.85. The number of rotatable bonds is 6. The van der Waals surface area contributed by atoms with E-state index in [1.54, 1.807) is 11.9 Å². The quantitative estimate of drug-likeness (QED) is 0.589. The van der Waals surface area contributed by atoms with Crippen molar-refractivity contribution < 1.29 is 9.84 Å². The van der Waals surface area contributed by atoms with Crippen LogP contribution in [0.3, 0.4) is 0 Å². The molecule has 0 saturated carbocycles. The van der Waals surface area contributed by atoms with Crippen molar-refractivity contribution in [3.05, 3.63) is 20.8 Å². The Balaban J connectivity index is 2.83. The van der Waals surface area contributed by atoms with E-state index in [1.165, 1.54) is 14.1 Å². The molecule has 0 bridgehead atoms. The summed E-state index contributed by atoms with van der Waals surface area (Å²) in [7, 11) is 4.59. The fraction of sp³-hybridized carbons (Fsp3) is 0.700. The maximum atomic E-state index is 11.8. The van der Waals surface area contributed by atoms with Crippen molar-refractivity contribution >= 4 is 5.82 Å². The zero-order valence-corrected chi connectivity index (χ0v) is 10.8. The first kappa shape index (κ1) is 14.4. The molecular formula is C10H18N4O4. The molecule has 0 atom stereocenters. The third-order valence-electron chi connectivity index (χ3n) is 2.47. The Morgan fingerprint density at radius 2 is 2.00 bits per heavy atom. The first-order chi connectivity index (χ1) is 8.49. The summed E-state index contributed by atoms with van der Waals surface area (Å²) >= 11 is 0. The van der Waals surface area contributed by atoms with Gasteiger partial charge in [0.25, 0.3) is 5.56 Å². The summed E-state index contributed by atoms with van der Waals surface area (Å²) in [6.45, 7) is 1.03. The maximum Gasteiger partial charge on any atom is 0.346 e. The summed E-state index contributed by atoms with van der Waals surface area (Å²) in [5.74, 6) is 0.187. The number of aryl methyl sites for hydroxylation is 1. The highest BCUT2D eigenvalue weighted by atomic mass is 16.5. The van der Waals surface area contributed by atoms with Gasteiger partial charge in [-0.1, -0.05) is 0 Å². The average Bonchev–Trinajstić information content (AvgIpc) is 2.36. The Morgan fingerprint density at radius 1 is 1.33 bits per heavy atom. The summed E-state index contributed by atoms with van der Waals surface area (Å²) < 4.78 is 7.22. The number of ether oxygens (including phenoxy) is 1. The number of nitrogens with zero attached hydrogens (tertiary/aromatic N) is 4. The van der Waals surface area contributed by atoms with Gasteiger partial charge in [0.1, 0.15) is 0 Å². The van der Waals surface area contributed by atoms with Gasteiger partial charge in [-0.2, -0.15) is 0 Å². The van der Waals surface area contributed by atoms with Crippen LogP contribution in [0.2, 0.25) is 0 Å². The van der Waals surface area contributed by atoms with Crippen molar-refractivity contribution in [3.63, 3.8) is 0 Å². The molecule has 0 unspecified atom stereocenters. The van der Waals surface area contributed by atoms with Gasteiger partial charge >= 0.3 is 5.69 Å². The zero-order valence-electron chi connectivity index (χ0n) is 10.8. The SMILES string of the molecule is CN(CCOCCO)c1nn(C)c(=O)n(C)c1=O. The Bertz CT molecular complexity index is 508. The molecule has 0 aliphatic heterocycles. The van der Waals surface area contributed by atoms with Gasteiger partial charge in [0.2, 0.25) is 5.82 Å². The van der Waals surface area contributed by atoms with Crippen molar-refractivity contribution in [1.82, 2.24) is 14.3 Å². The number of hydrogen-bond acceptors (Lipinski definition) is 6. The molecule has 0 aromatic carbocycles. The topological polar surface area (TPSA) is 89.6 Å². The van der Waals surface area contributed by atoms with Crippen LogP contribution in [-0.4, -0.2) is 52.9 Å². The van der Waals surface area contributed by atoms with E-state index in [9.17, 15) is 9.59 Å². The van der Waals surface area contributed by atoms with Crippen molar-refractivity contribution in [2.75, 3.05) is 38.3 Å². The fourth-order valence-corrected chi connectivity index (χ4v) is 1.40. The minimum Gasteiger partial charge on any atom is -0.394 e. The minimum absolute atomic E-state index is 0.0381. The van der Waals surface area contributed by atoms with Gasteiger partial charge in [-0.05, 0) is 0 Å². The van der Waals surface area contributed by atoms with E-state index in [1.807, 2.05) is 0 Å². The summed E-state index contributed by atoms with van der Waals surface area (Å²) in [6.07, 6.45) is 0. The van der Waals surface area contributed by atoms with Gasteiger partial charge in [-0.15, -0.1) is 5.10 Å². The Morgan fingerprint density at radius 3 is 2.61 bits per heavy atom. The van der Waals surface area contributed by atoms with Crippen LogP contribution in [0.25, 0.3) is 0 Å². The van der Waals surface area contributed by atoms with E-state index in [4.69, 9.17) is 9.84 Å². The molecule has 8 nitrogen and oxygen atoms in total. The molecule has 0 amide bonds. The van der Waals surface area contributed by atoms with Crippen LogP contribution in [-0.2, 0) is 18.8 Å². The summed E-state index contributed by atoms with van der Waals surface area (Å²) in [5, 5.41) is 12.5. The lowest BCUT2D eigenvalue weighted by Gasteiger charge is -2.18. The highest BCUT2D eigenvalue weighted by Gasteiger charge is 2.12. The Kier molecular flexibility index (Phi) is 5.05. The predicted molar refractivity (Wildman–Crippen MR) is 65.9 cm³/mol. The third-order valence-corrected chi connectivity index (χ3v) is 2.47. The molecule has 1 aromatic rings. The van der Waals surface area contributed by atoms with Crippen molar-refractivity contribution in [1.29, 1.82) is 0 Å². The van der Waals surface area contributed by atoms with E-state index in [-0.39, 0.29) is 19.0 Å². The largest absolute Gasteiger partial charge is 0.394 e. The van der Waals surface area contributed by atoms with Crippen LogP contribution < -0.4 is 16.1 Å². The first-order valence-electron chi connectivity index (χ1n) is 5.53. The van der Waals surface area contributed by atoms with Crippen LogP contribution >= 0.6 is 0 Å². The van der Waals surface area contributed by atoms with Gasteiger partial charge in [0.15, 0.2) is 0 Å². The molecule has 102 valence electrons. The first-order valence-corrected chi connectivity index (χ1v) is 5.53. The molecule has 0 fully saturated rings. The third kappa shape index (κ3) is 3.17. The van der Waals surface area contributed by atoms with Crippen molar-refractivity contribution in [2.24, 2.45) is 14.1 Å². The van der Waals surface area contributed by atoms with Crippen molar-refractivity contribution in [2.45, 2.75) is 0 Å². The molecule has 1 N–H and O–H groups in total. The summed E-state index contributed by atoms with van der Waals surface area (Å²) in [4.78, 5) is 24.9. The van der Waals surface area contributed by atoms with Gasteiger partial charge in [0.05, 0.1) is 19.8 Å². The molecule has 1 rings (SSSR count). The Labute approximate surface area is 104 Å². The van der Waals surface area contributed by atoms with Crippen LogP contribution in [0.15, 0.2) is 9.59 Å². The van der Waals surface area contributed by atoms with Gasteiger partial charge < -0.3 is 14.7 Å². The molecule has 1 aromatic heterocycles. The number of aliphatic hydroxyl groups excluding tert-OH is 1. The van der Waals surface area contributed by atoms with Gasteiger partial charge in [-0.3, -0.25) is 9.36 Å². The normalized spacial score (nSPS) is 10.7. The van der Waals surface area contributed by atoms with Crippen LogP contribution in [0.4, 0.5) is 5.82 Å². The number of likely N-dealkylation sites (N-methyl/N-ethyl adjacent to an activating group) is 1. The molecule has 1 heterocycles. The van der Waals surface area contributed by atoms with Gasteiger partial charge in [0, 0.05) is 27.7 Å². The smallest absolute Gasteiger partial charge is 0.346 e. The minimum atomic E-state index is -0.464. The zero-order chi connectivity index (χ0) is 13.7. The molecule has 0 aliphatic rings. The van der Waals surface area contributed by atoms with E-state index < -0.39 is 11.2 Å². The molecule has 18 heavy (non-hydrogen) atoms. The second-order valence-corrected chi connectivity index (χ2v) is 3.85. The molecular weight excluding hydrogens is 240 g/mol. The number of anilines is 1. The monoisotopic (exact) mass is 258 g/mol. The Hall–Kier alpha value is -1.67. The lowest BCUT2D eigenvalue weighted by Crippen LogP contribution is -2.42. The van der Waals surface area contributed by atoms with Crippen molar-refractivity contribution in [3.8, 4) is 0 Å². The predicted octanol–water partition coefficient (Wildman–Crippen LogP) is -2.08. The summed E-state index contributed by atoms with van der Waals surface area (Å²) in [5.41, 5.74) is -0.906. The lowest BCUT2D eigenvalue weighted by molar-refractivity contribution is 0.0970. The number of hydrogen-bond donors (Lipinski definition) is 1. The number of aliphatic hydroxyl groups is 1. The van der Waals surface area contributed by atoms with E-state index in [0.29, 0.717) is 13.2 Å². The second kappa shape index (κ2) is 6.31. The fourth-order valence-electron chi connectivity index (χ4n) is 1.40. The van der Waals surface area contributed by atoms with Crippen LogP contribution in [0, 0.1) is 0 Å². The van der Waals surface area contributed by atoms with Crippen LogP contribution in [0.1, 0.15) is 0 Å². The average molecular weight is 258 g/mol. The highest BCUT2D eigenvalue weighted by Crippen LogP contribution is 1.97. The van der Waals surface area contributed by atoms with E-state index in [2.05, 4.69) is 5.10 Å². The molecule has 0 saturated heterocycles. The van der Waals surface area contributed by atoms with E-state index in [0.717, 1.165) is 9.25 Å². The van der Waals surface area contributed by atoms with Crippen LogP contribution in [0.5, 0.6) is 0 Å². The highest BCUT2D eigenvalue weighted by molar-refractivity contribution is 5.32. The standard InChI is InChI=1S/C10H18N4O4/c1-12(4-6-18-7-5-15)8-9(16)13(2)10(17)14(3)11-8/h15H,4-7H2,1-3H3. The van der Waals surface area contributed by atoms with Gasteiger partial charge in [-0.25, -0.2) is 9.48 Å². The maximum absolute atomic E-state index is 11.8. The summed E-state index contributed by atoms with van der Waals surface area (Å²) in [6, 6.07) is 0. The van der Waals surface area contributed by atoms with E-state index >= 15 is 0 Å².